The van der Waals surface area contributed by atoms with Gasteiger partial charge in [-0.15, -0.1) is 0 Å². The largest absolute Gasteiger partial charge is 0.439 e. The minimum absolute atomic E-state index is 0.000599. The van der Waals surface area contributed by atoms with Crippen LogP contribution in [0.4, 0.5) is 0 Å². The molecule has 0 radical (unpaired) electrons. The van der Waals surface area contributed by atoms with E-state index in [2.05, 4.69) is 10.1 Å². The average Bonchev–Trinajstić information content (AvgIpc) is 2.94. The van der Waals surface area contributed by atoms with Crippen LogP contribution in [0.2, 0.25) is 0 Å². The molecule has 2 amide bonds. The number of carbonyl (C=O) groups excluding carboxylic acids is 2. The minimum atomic E-state index is -0.238. The lowest BCUT2D eigenvalue weighted by Gasteiger charge is -2.33. The second-order valence-corrected chi connectivity index (χ2v) is 6.31. The molecule has 1 fully saturated rings. The summed E-state index contributed by atoms with van der Waals surface area (Å²) < 4.78 is 10.2. The van der Waals surface area contributed by atoms with Gasteiger partial charge in [0, 0.05) is 38.5 Å². The van der Waals surface area contributed by atoms with E-state index in [0.29, 0.717) is 32.0 Å². The first kappa shape index (κ1) is 16.3. The lowest BCUT2D eigenvalue weighted by Crippen LogP contribution is -2.51. The van der Waals surface area contributed by atoms with Crippen LogP contribution in [0.15, 0.2) is 4.52 Å². The summed E-state index contributed by atoms with van der Waals surface area (Å²) in [5.74, 6) is 0.410. The Morgan fingerprint density at radius 1 is 1.18 bits per heavy atom. The summed E-state index contributed by atoms with van der Waals surface area (Å²) in [6.07, 6.45) is 0.000599. The van der Waals surface area contributed by atoms with Crippen molar-refractivity contribution in [3.63, 3.8) is 0 Å². The number of piperazine rings is 1. The van der Waals surface area contributed by atoms with Crippen molar-refractivity contribution in [1.29, 1.82) is 0 Å². The highest BCUT2D eigenvalue weighted by molar-refractivity contribution is 5.78. The molecule has 122 valence electrons. The van der Waals surface area contributed by atoms with E-state index in [1.807, 2.05) is 20.8 Å². The fraction of sp³-hybridized carbons (Fsp3) is 0.714. The van der Waals surface area contributed by atoms with Crippen LogP contribution >= 0.6 is 0 Å². The molecule has 0 saturated carbocycles. The quantitative estimate of drug-likeness (QED) is 0.804. The van der Waals surface area contributed by atoms with Crippen molar-refractivity contribution in [2.75, 3.05) is 32.8 Å². The van der Waals surface area contributed by atoms with Crippen molar-refractivity contribution in [2.45, 2.75) is 33.1 Å². The Bertz CT molecular complexity index is 541. The topological polar surface area (TPSA) is 88.8 Å². The van der Waals surface area contributed by atoms with Gasteiger partial charge in [0.15, 0.2) is 12.4 Å². The van der Waals surface area contributed by atoms with E-state index in [1.54, 1.807) is 9.80 Å². The van der Waals surface area contributed by atoms with Crippen molar-refractivity contribution < 1.29 is 18.8 Å². The van der Waals surface area contributed by atoms with Gasteiger partial charge >= 0.3 is 6.08 Å². The highest BCUT2D eigenvalue weighted by Crippen LogP contribution is 2.20. The lowest BCUT2D eigenvalue weighted by molar-refractivity contribution is -0.140. The molecule has 1 aliphatic heterocycles. The minimum Gasteiger partial charge on any atom is -0.439 e. The standard InChI is InChI=1S/C14H22N4O4/c1-10(19)17-5-7-18(8-6-17)11(20)9-21-13-15-12(16-22-13)14(2,3)4/h5-9H2,1-4H3. The Balaban J connectivity index is 1.81. The SMILES string of the molecule is CC(=O)N1CCN(C(=O)COc2nc(C(C)(C)C)no2)CC1. The third-order valence-electron chi connectivity index (χ3n) is 3.48. The van der Waals surface area contributed by atoms with Gasteiger partial charge in [0.1, 0.15) is 0 Å². The first-order valence-corrected chi connectivity index (χ1v) is 7.27. The van der Waals surface area contributed by atoms with Gasteiger partial charge in [-0.1, -0.05) is 25.9 Å². The van der Waals surface area contributed by atoms with E-state index >= 15 is 0 Å². The molecule has 0 aromatic carbocycles. The number of carbonyl (C=O) groups is 2. The van der Waals surface area contributed by atoms with Gasteiger partial charge in [0.2, 0.25) is 5.91 Å². The molecule has 1 aromatic rings. The molecular weight excluding hydrogens is 288 g/mol. The maximum atomic E-state index is 12.1. The molecule has 0 aliphatic carbocycles. The maximum absolute atomic E-state index is 12.1. The Hall–Kier alpha value is -2.12. The van der Waals surface area contributed by atoms with Crippen LogP contribution in [-0.4, -0.2) is 64.5 Å². The normalized spacial score (nSPS) is 15.8. The smallest absolute Gasteiger partial charge is 0.417 e. The number of ether oxygens (including phenoxy) is 1. The molecule has 1 aromatic heterocycles. The van der Waals surface area contributed by atoms with E-state index in [9.17, 15) is 9.59 Å². The van der Waals surface area contributed by atoms with Crippen molar-refractivity contribution in [3.05, 3.63) is 5.82 Å². The monoisotopic (exact) mass is 310 g/mol. The molecule has 0 bridgehead atoms. The number of hydrogen-bond donors (Lipinski definition) is 0. The van der Waals surface area contributed by atoms with E-state index in [-0.39, 0.29) is 29.9 Å². The molecule has 0 N–H and O–H groups in total. The van der Waals surface area contributed by atoms with Gasteiger partial charge in [-0.25, -0.2) is 0 Å². The fourth-order valence-corrected chi connectivity index (χ4v) is 2.06. The number of aromatic nitrogens is 2. The molecule has 8 heteroatoms. The first-order valence-electron chi connectivity index (χ1n) is 7.27. The van der Waals surface area contributed by atoms with Crippen LogP contribution in [0.5, 0.6) is 6.08 Å². The fourth-order valence-electron chi connectivity index (χ4n) is 2.06. The average molecular weight is 310 g/mol. The molecule has 22 heavy (non-hydrogen) atoms. The van der Waals surface area contributed by atoms with Crippen molar-refractivity contribution in [3.8, 4) is 6.08 Å². The predicted octanol–water partition coefficient (Wildman–Crippen LogP) is 0.437. The first-order chi connectivity index (χ1) is 10.3. The van der Waals surface area contributed by atoms with E-state index in [1.165, 1.54) is 6.92 Å². The highest BCUT2D eigenvalue weighted by atomic mass is 16.6. The van der Waals surface area contributed by atoms with Gasteiger partial charge in [-0.05, 0) is 0 Å². The summed E-state index contributed by atoms with van der Waals surface area (Å²) >= 11 is 0. The summed E-state index contributed by atoms with van der Waals surface area (Å²) in [6.45, 7) is 9.39. The van der Waals surface area contributed by atoms with Crippen LogP contribution < -0.4 is 4.74 Å². The number of nitrogens with zero attached hydrogens (tertiary/aromatic N) is 4. The van der Waals surface area contributed by atoms with Crippen molar-refractivity contribution in [2.24, 2.45) is 0 Å². The highest BCUT2D eigenvalue weighted by Gasteiger charge is 2.24. The third-order valence-corrected chi connectivity index (χ3v) is 3.48. The number of rotatable bonds is 3. The molecule has 0 spiro atoms. The third kappa shape index (κ3) is 3.96. The molecule has 1 aliphatic rings. The summed E-state index contributed by atoms with van der Waals surface area (Å²) in [6, 6.07) is 0. The Kier molecular flexibility index (Phi) is 4.68. The zero-order chi connectivity index (χ0) is 16.3. The Morgan fingerprint density at radius 3 is 2.27 bits per heavy atom. The van der Waals surface area contributed by atoms with Crippen LogP contribution in [-0.2, 0) is 15.0 Å². The second-order valence-electron chi connectivity index (χ2n) is 6.31. The summed E-state index contributed by atoms with van der Waals surface area (Å²) in [5.41, 5.74) is -0.238. The second kappa shape index (κ2) is 6.33. The molecular formula is C14H22N4O4. The van der Waals surface area contributed by atoms with Gasteiger partial charge in [-0.2, -0.15) is 4.98 Å². The van der Waals surface area contributed by atoms with Crippen molar-refractivity contribution in [1.82, 2.24) is 19.9 Å². The summed E-state index contributed by atoms with van der Waals surface area (Å²) in [5, 5.41) is 3.83. The molecule has 0 unspecified atom stereocenters. The zero-order valence-corrected chi connectivity index (χ0v) is 13.5. The van der Waals surface area contributed by atoms with Gasteiger partial charge in [-0.3, -0.25) is 14.1 Å². The molecule has 8 nitrogen and oxygen atoms in total. The number of hydrogen-bond acceptors (Lipinski definition) is 6. The maximum Gasteiger partial charge on any atom is 0.417 e. The van der Waals surface area contributed by atoms with Crippen molar-refractivity contribution >= 4 is 11.8 Å². The lowest BCUT2D eigenvalue weighted by atomic mass is 9.96. The Labute approximate surface area is 129 Å². The van der Waals surface area contributed by atoms with Gasteiger partial charge in [0.25, 0.3) is 5.91 Å². The molecule has 2 rings (SSSR count). The predicted molar refractivity (Wildman–Crippen MR) is 77.3 cm³/mol. The number of amides is 2. The van der Waals surface area contributed by atoms with E-state index in [0.717, 1.165) is 0 Å². The zero-order valence-electron chi connectivity index (χ0n) is 13.5. The van der Waals surface area contributed by atoms with Gasteiger partial charge < -0.3 is 14.5 Å². The van der Waals surface area contributed by atoms with Gasteiger partial charge in [0.05, 0.1) is 0 Å². The van der Waals surface area contributed by atoms with Crippen LogP contribution in [0.1, 0.15) is 33.5 Å². The summed E-state index contributed by atoms with van der Waals surface area (Å²) in [4.78, 5) is 30.8. The van der Waals surface area contributed by atoms with E-state index < -0.39 is 0 Å². The Morgan fingerprint density at radius 2 is 1.77 bits per heavy atom. The van der Waals surface area contributed by atoms with E-state index in [4.69, 9.17) is 9.26 Å². The molecule has 0 atom stereocenters. The van der Waals surface area contributed by atoms with Crippen LogP contribution in [0, 0.1) is 0 Å². The van der Waals surface area contributed by atoms with Crippen LogP contribution in [0.25, 0.3) is 0 Å². The van der Waals surface area contributed by atoms with Crippen LogP contribution in [0.3, 0.4) is 0 Å². The molecule has 1 saturated heterocycles. The molecule has 2 heterocycles. The summed E-state index contributed by atoms with van der Waals surface area (Å²) in [7, 11) is 0.